The Morgan fingerprint density at radius 3 is 2.10 bits per heavy atom. The van der Waals surface area contributed by atoms with Gasteiger partial charge in [-0.1, -0.05) is 48.5 Å². The lowest BCUT2D eigenvalue weighted by molar-refractivity contribution is 0.0775. The Hall–Kier alpha value is -2.35. The van der Waals surface area contributed by atoms with Gasteiger partial charge >= 0.3 is 0 Å². The van der Waals surface area contributed by atoms with Crippen molar-refractivity contribution in [2.75, 3.05) is 13.1 Å². The highest BCUT2D eigenvalue weighted by atomic mass is 16.2. The number of amides is 1. The Morgan fingerprint density at radius 2 is 1.43 bits per heavy atom. The summed E-state index contributed by atoms with van der Waals surface area (Å²) in [7, 11) is 0. The van der Waals surface area contributed by atoms with Crippen LogP contribution < -0.4 is 0 Å². The molecule has 0 aliphatic heterocycles. The second-order valence-corrected chi connectivity index (χ2v) is 5.17. The SMILES string of the molecule is CCN(CC)C(=O)c1cc2ccccc2c2ccccc12. The molecule has 0 atom stereocenters. The van der Waals surface area contributed by atoms with E-state index in [0.717, 1.165) is 34.8 Å². The molecule has 0 heterocycles. The molecule has 2 heteroatoms. The summed E-state index contributed by atoms with van der Waals surface area (Å²) < 4.78 is 0. The number of hydrogen-bond acceptors (Lipinski definition) is 1. The molecule has 0 N–H and O–H groups in total. The highest BCUT2D eigenvalue weighted by Gasteiger charge is 2.16. The highest BCUT2D eigenvalue weighted by molar-refractivity contribution is 6.17. The van der Waals surface area contributed by atoms with Crippen molar-refractivity contribution in [3.05, 3.63) is 60.2 Å². The summed E-state index contributed by atoms with van der Waals surface area (Å²) in [6, 6.07) is 18.4. The molecule has 0 aliphatic rings. The smallest absolute Gasteiger partial charge is 0.254 e. The first-order chi connectivity index (χ1) is 10.3. The number of hydrogen-bond donors (Lipinski definition) is 0. The minimum absolute atomic E-state index is 0.113. The lowest BCUT2D eigenvalue weighted by Crippen LogP contribution is -2.30. The van der Waals surface area contributed by atoms with Crippen molar-refractivity contribution in [3.63, 3.8) is 0 Å². The van der Waals surface area contributed by atoms with Crippen LogP contribution in [0.4, 0.5) is 0 Å². The van der Waals surface area contributed by atoms with Crippen LogP contribution in [0.2, 0.25) is 0 Å². The molecule has 0 unspecified atom stereocenters. The zero-order chi connectivity index (χ0) is 14.8. The van der Waals surface area contributed by atoms with Gasteiger partial charge in [-0.25, -0.2) is 0 Å². The van der Waals surface area contributed by atoms with Crippen molar-refractivity contribution in [1.82, 2.24) is 4.90 Å². The molecular weight excluding hydrogens is 258 g/mol. The second kappa shape index (κ2) is 5.57. The van der Waals surface area contributed by atoms with Crippen molar-refractivity contribution in [3.8, 4) is 0 Å². The van der Waals surface area contributed by atoms with Crippen LogP contribution in [0.25, 0.3) is 21.5 Å². The normalized spacial score (nSPS) is 11.0. The van der Waals surface area contributed by atoms with E-state index in [1.54, 1.807) is 0 Å². The van der Waals surface area contributed by atoms with Gasteiger partial charge in [0.15, 0.2) is 0 Å². The Kier molecular flexibility index (Phi) is 3.61. The Morgan fingerprint density at radius 1 is 0.857 bits per heavy atom. The molecule has 21 heavy (non-hydrogen) atoms. The summed E-state index contributed by atoms with van der Waals surface area (Å²) in [5.74, 6) is 0.113. The summed E-state index contributed by atoms with van der Waals surface area (Å²) in [6.07, 6.45) is 0. The van der Waals surface area contributed by atoms with E-state index in [9.17, 15) is 4.79 Å². The van der Waals surface area contributed by atoms with Gasteiger partial charge in [0.1, 0.15) is 0 Å². The second-order valence-electron chi connectivity index (χ2n) is 5.17. The van der Waals surface area contributed by atoms with Gasteiger partial charge in [0.05, 0.1) is 0 Å². The molecule has 0 saturated carbocycles. The molecule has 3 aromatic carbocycles. The quantitative estimate of drug-likeness (QED) is 0.647. The molecule has 0 saturated heterocycles. The largest absolute Gasteiger partial charge is 0.339 e. The average molecular weight is 277 g/mol. The Labute approximate surface area is 125 Å². The van der Waals surface area contributed by atoms with E-state index in [1.165, 1.54) is 5.39 Å². The highest BCUT2D eigenvalue weighted by Crippen LogP contribution is 2.29. The van der Waals surface area contributed by atoms with E-state index < -0.39 is 0 Å². The third kappa shape index (κ3) is 2.27. The van der Waals surface area contributed by atoms with Gasteiger partial charge in [-0.15, -0.1) is 0 Å². The van der Waals surface area contributed by atoms with Gasteiger partial charge in [-0.3, -0.25) is 4.79 Å². The lowest BCUT2D eigenvalue weighted by atomic mass is 9.96. The van der Waals surface area contributed by atoms with Crippen molar-refractivity contribution in [2.45, 2.75) is 13.8 Å². The summed E-state index contributed by atoms with van der Waals surface area (Å²) >= 11 is 0. The van der Waals surface area contributed by atoms with E-state index >= 15 is 0 Å². The van der Waals surface area contributed by atoms with Crippen molar-refractivity contribution in [2.24, 2.45) is 0 Å². The predicted octanol–water partition coefficient (Wildman–Crippen LogP) is 4.48. The molecule has 1 amide bonds. The topological polar surface area (TPSA) is 20.3 Å². The molecule has 3 aromatic rings. The van der Waals surface area contributed by atoms with Crippen LogP contribution in [0, 0.1) is 0 Å². The maximum Gasteiger partial charge on any atom is 0.254 e. The van der Waals surface area contributed by atoms with Gasteiger partial charge in [-0.2, -0.15) is 0 Å². The Bertz CT molecular complexity index is 803. The first kappa shape index (κ1) is 13.6. The molecule has 2 nitrogen and oxygen atoms in total. The first-order valence-electron chi connectivity index (χ1n) is 7.46. The number of nitrogens with zero attached hydrogens (tertiary/aromatic N) is 1. The summed E-state index contributed by atoms with van der Waals surface area (Å²) in [5, 5.41) is 4.50. The molecule has 0 bridgehead atoms. The van der Waals surface area contributed by atoms with E-state index in [-0.39, 0.29) is 5.91 Å². The minimum atomic E-state index is 0.113. The monoisotopic (exact) mass is 277 g/mol. The van der Waals surface area contributed by atoms with E-state index in [2.05, 4.69) is 18.2 Å². The zero-order valence-corrected chi connectivity index (χ0v) is 12.5. The first-order valence-corrected chi connectivity index (χ1v) is 7.46. The number of benzene rings is 3. The number of fused-ring (bicyclic) bond motifs is 3. The zero-order valence-electron chi connectivity index (χ0n) is 12.5. The number of carbonyl (C=O) groups excluding carboxylic acids is 1. The van der Waals surface area contributed by atoms with Gasteiger partial charge in [0, 0.05) is 18.7 Å². The minimum Gasteiger partial charge on any atom is -0.339 e. The lowest BCUT2D eigenvalue weighted by Gasteiger charge is -2.20. The number of carbonyl (C=O) groups is 1. The van der Waals surface area contributed by atoms with E-state index in [4.69, 9.17) is 0 Å². The van der Waals surface area contributed by atoms with E-state index in [1.807, 2.05) is 55.1 Å². The maximum atomic E-state index is 12.8. The number of rotatable bonds is 3. The molecule has 0 aromatic heterocycles. The van der Waals surface area contributed by atoms with Gasteiger partial charge in [0.2, 0.25) is 0 Å². The molecule has 0 aliphatic carbocycles. The third-order valence-electron chi connectivity index (χ3n) is 4.05. The van der Waals surface area contributed by atoms with Gasteiger partial charge in [0.25, 0.3) is 5.91 Å². The van der Waals surface area contributed by atoms with Crippen LogP contribution in [0.3, 0.4) is 0 Å². The van der Waals surface area contributed by atoms with Crippen molar-refractivity contribution < 1.29 is 4.79 Å². The fourth-order valence-electron chi connectivity index (χ4n) is 2.91. The molecular formula is C19H19NO. The summed E-state index contributed by atoms with van der Waals surface area (Å²) in [4.78, 5) is 14.7. The van der Waals surface area contributed by atoms with Crippen LogP contribution in [-0.2, 0) is 0 Å². The van der Waals surface area contributed by atoms with Crippen molar-refractivity contribution in [1.29, 1.82) is 0 Å². The molecule has 0 spiro atoms. The molecule has 0 radical (unpaired) electrons. The Balaban J connectivity index is 2.32. The van der Waals surface area contributed by atoms with Crippen LogP contribution in [0.5, 0.6) is 0 Å². The van der Waals surface area contributed by atoms with Gasteiger partial charge in [-0.05, 0) is 41.5 Å². The fraction of sp³-hybridized carbons (Fsp3) is 0.211. The molecule has 106 valence electrons. The van der Waals surface area contributed by atoms with Crippen LogP contribution in [-0.4, -0.2) is 23.9 Å². The van der Waals surface area contributed by atoms with Crippen LogP contribution in [0.1, 0.15) is 24.2 Å². The van der Waals surface area contributed by atoms with Crippen molar-refractivity contribution >= 4 is 27.5 Å². The fourth-order valence-corrected chi connectivity index (χ4v) is 2.91. The average Bonchev–Trinajstić information content (AvgIpc) is 2.55. The van der Waals surface area contributed by atoms with Crippen LogP contribution >= 0.6 is 0 Å². The summed E-state index contributed by atoms with van der Waals surface area (Å²) in [6.45, 7) is 5.50. The predicted molar refractivity (Wildman–Crippen MR) is 88.7 cm³/mol. The van der Waals surface area contributed by atoms with Gasteiger partial charge < -0.3 is 4.90 Å². The molecule has 0 fully saturated rings. The summed E-state index contributed by atoms with van der Waals surface area (Å²) in [5.41, 5.74) is 0.799. The standard InChI is InChI=1S/C19H19NO/c1-3-20(4-2)19(21)18-13-14-9-5-6-10-15(14)16-11-7-8-12-17(16)18/h5-13H,3-4H2,1-2H3. The van der Waals surface area contributed by atoms with E-state index in [0.29, 0.717) is 0 Å². The molecule has 3 rings (SSSR count). The third-order valence-corrected chi connectivity index (χ3v) is 4.05. The van der Waals surface area contributed by atoms with Crippen LogP contribution in [0.15, 0.2) is 54.6 Å². The maximum absolute atomic E-state index is 12.8.